The zero-order valence-electron chi connectivity index (χ0n) is 10.8. The van der Waals surface area contributed by atoms with Crippen LogP contribution in [0, 0.1) is 12.3 Å². The third kappa shape index (κ3) is 3.03. The lowest BCUT2D eigenvalue weighted by atomic mass is 10.1. The van der Waals surface area contributed by atoms with Crippen LogP contribution in [0.2, 0.25) is 0 Å². The molecular weight excluding hydrogens is 278 g/mol. The van der Waals surface area contributed by atoms with Crippen molar-refractivity contribution in [2.75, 3.05) is 0 Å². The first-order valence-electron chi connectivity index (χ1n) is 5.83. The first-order chi connectivity index (χ1) is 9.40. The molecule has 5 N–H and O–H groups in total. The molecule has 0 radical (unpaired) electrons. The maximum atomic E-state index is 12.2. The van der Waals surface area contributed by atoms with Gasteiger partial charge < -0.3 is 10.7 Å². The van der Waals surface area contributed by atoms with Gasteiger partial charge in [-0.25, -0.2) is 13.4 Å². The Bertz CT molecular complexity index is 708. The van der Waals surface area contributed by atoms with Crippen LogP contribution >= 0.6 is 0 Å². The van der Waals surface area contributed by atoms with Crippen LogP contribution in [0.3, 0.4) is 0 Å². The van der Waals surface area contributed by atoms with Crippen molar-refractivity contribution in [2.24, 2.45) is 5.73 Å². The molecule has 1 aromatic carbocycles. The van der Waals surface area contributed by atoms with Gasteiger partial charge in [-0.15, -0.1) is 0 Å². The number of sulfonamides is 1. The predicted molar refractivity (Wildman–Crippen MR) is 74.7 cm³/mol. The van der Waals surface area contributed by atoms with Crippen LogP contribution in [-0.2, 0) is 10.0 Å². The van der Waals surface area contributed by atoms with Gasteiger partial charge in [0, 0.05) is 0 Å². The average molecular weight is 293 g/mol. The van der Waals surface area contributed by atoms with Crippen LogP contribution in [0.25, 0.3) is 0 Å². The molecule has 1 atom stereocenters. The zero-order valence-corrected chi connectivity index (χ0v) is 11.6. The van der Waals surface area contributed by atoms with Crippen molar-refractivity contribution in [3.05, 3.63) is 47.9 Å². The van der Waals surface area contributed by atoms with Gasteiger partial charge in [0.25, 0.3) is 10.0 Å². The number of nitrogens with two attached hydrogens (primary N) is 1. The molecule has 2 rings (SSSR count). The van der Waals surface area contributed by atoms with Gasteiger partial charge in [-0.2, -0.15) is 4.72 Å². The zero-order chi connectivity index (χ0) is 14.8. The second-order valence-electron chi connectivity index (χ2n) is 4.25. The molecule has 0 aliphatic carbocycles. The summed E-state index contributed by atoms with van der Waals surface area (Å²) < 4.78 is 26.8. The normalized spacial score (nSPS) is 13.1. The Morgan fingerprint density at radius 2 is 2.05 bits per heavy atom. The number of nitrogens with zero attached hydrogens (tertiary/aromatic N) is 1. The van der Waals surface area contributed by atoms with E-state index in [2.05, 4.69) is 14.7 Å². The van der Waals surface area contributed by atoms with Crippen molar-refractivity contribution >= 4 is 15.9 Å². The van der Waals surface area contributed by atoms with E-state index in [4.69, 9.17) is 11.1 Å². The topological polar surface area (TPSA) is 125 Å². The van der Waals surface area contributed by atoms with Gasteiger partial charge in [-0.3, -0.25) is 5.41 Å². The van der Waals surface area contributed by atoms with E-state index in [0.29, 0.717) is 11.4 Å². The van der Waals surface area contributed by atoms with E-state index in [1.165, 1.54) is 6.20 Å². The smallest absolute Gasteiger partial charge is 0.258 e. The number of benzene rings is 1. The molecular formula is C12H15N5O2S. The Hall–Kier alpha value is -2.19. The summed E-state index contributed by atoms with van der Waals surface area (Å²) in [7, 11) is -3.82. The largest absolute Gasteiger partial charge is 0.386 e. The fraction of sp³-hybridized carbons (Fsp3) is 0.167. The molecule has 20 heavy (non-hydrogen) atoms. The van der Waals surface area contributed by atoms with Gasteiger partial charge in [0.1, 0.15) is 17.7 Å². The highest BCUT2D eigenvalue weighted by Crippen LogP contribution is 2.16. The molecule has 0 saturated heterocycles. The van der Waals surface area contributed by atoms with Crippen LogP contribution in [0.4, 0.5) is 0 Å². The maximum Gasteiger partial charge on any atom is 0.258 e. The van der Waals surface area contributed by atoms with Gasteiger partial charge in [-0.05, 0) is 12.5 Å². The summed E-state index contributed by atoms with van der Waals surface area (Å²) in [4.78, 5) is 6.49. The van der Waals surface area contributed by atoms with Crippen molar-refractivity contribution in [3.8, 4) is 0 Å². The molecule has 1 unspecified atom stereocenters. The molecule has 106 valence electrons. The van der Waals surface area contributed by atoms with Crippen LogP contribution < -0.4 is 10.5 Å². The number of nitrogens with one attached hydrogen (secondary N) is 3. The second kappa shape index (κ2) is 5.43. The molecule has 0 spiro atoms. The highest BCUT2D eigenvalue weighted by molar-refractivity contribution is 7.89. The summed E-state index contributed by atoms with van der Waals surface area (Å²) in [5.74, 6) is 0.209. The number of aromatic amines is 1. The molecule has 2 aromatic rings. The van der Waals surface area contributed by atoms with E-state index >= 15 is 0 Å². The molecule has 1 heterocycles. The van der Waals surface area contributed by atoms with E-state index in [9.17, 15) is 8.42 Å². The minimum Gasteiger partial charge on any atom is -0.386 e. The Kier molecular flexibility index (Phi) is 3.86. The third-order valence-corrected chi connectivity index (χ3v) is 4.02. The number of hydrogen-bond acceptors (Lipinski definition) is 4. The third-order valence-electron chi connectivity index (χ3n) is 2.69. The molecule has 0 amide bonds. The predicted octanol–water partition coefficient (Wildman–Crippen LogP) is 0.674. The fourth-order valence-corrected chi connectivity index (χ4v) is 2.88. The molecule has 0 aliphatic rings. The van der Waals surface area contributed by atoms with Gasteiger partial charge in [0.15, 0.2) is 5.03 Å². The van der Waals surface area contributed by atoms with Crippen molar-refractivity contribution in [1.82, 2.24) is 14.7 Å². The first kappa shape index (κ1) is 14.2. The Labute approximate surface area is 116 Å². The monoisotopic (exact) mass is 293 g/mol. The van der Waals surface area contributed by atoms with Crippen molar-refractivity contribution in [1.29, 1.82) is 5.41 Å². The minimum absolute atomic E-state index is 0.0582. The van der Waals surface area contributed by atoms with Gasteiger partial charge in [-0.1, -0.05) is 30.3 Å². The summed E-state index contributed by atoms with van der Waals surface area (Å²) in [5, 5.41) is 7.50. The van der Waals surface area contributed by atoms with E-state index in [1.807, 2.05) is 0 Å². The van der Waals surface area contributed by atoms with Gasteiger partial charge >= 0.3 is 0 Å². The standard InChI is InChI=1S/C12H15N5O2S/c1-8-15-7-10(16-8)20(18,19)17-11(12(13)14)9-5-3-2-4-6-9/h2-7,11,17H,1H3,(H3,13,14)(H,15,16). The number of imidazole rings is 1. The first-order valence-corrected chi connectivity index (χ1v) is 7.31. The number of amidine groups is 1. The number of hydrogen-bond donors (Lipinski definition) is 4. The number of aryl methyl sites for hydroxylation is 1. The summed E-state index contributed by atoms with van der Waals surface area (Å²) in [6.07, 6.45) is 1.22. The summed E-state index contributed by atoms with van der Waals surface area (Å²) in [6.45, 7) is 1.65. The SMILES string of the molecule is Cc1ncc(S(=O)(=O)NC(C(=N)N)c2ccccc2)[nH]1. The lowest BCUT2D eigenvalue weighted by Crippen LogP contribution is -2.37. The molecule has 8 heteroatoms. The molecule has 7 nitrogen and oxygen atoms in total. The fourth-order valence-electron chi connectivity index (χ4n) is 1.71. The molecule has 0 aliphatic heterocycles. The van der Waals surface area contributed by atoms with Gasteiger partial charge in [0.05, 0.1) is 6.20 Å². The number of aromatic nitrogens is 2. The lowest BCUT2D eigenvalue weighted by molar-refractivity contribution is 0.573. The summed E-state index contributed by atoms with van der Waals surface area (Å²) in [6, 6.07) is 7.79. The second-order valence-corrected chi connectivity index (χ2v) is 5.94. The Balaban J connectivity index is 2.32. The average Bonchev–Trinajstić information content (AvgIpc) is 2.84. The highest BCUT2D eigenvalue weighted by Gasteiger charge is 2.24. The Morgan fingerprint density at radius 3 is 2.55 bits per heavy atom. The summed E-state index contributed by atoms with van der Waals surface area (Å²) >= 11 is 0. The van der Waals surface area contributed by atoms with E-state index in [-0.39, 0.29) is 10.9 Å². The van der Waals surface area contributed by atoms with Crippen LogP contribution in [0.15, 0.2) is 41.6 Å². The van der Waals surface area contributed by atoms with Crippen LogP contribution in [0.5, 0.6) is 0 Å². The molecule has 0 saturated carbocycles. The van der Waals surface area contributed by atoms with E-state index in [0.717, 1.165) is 0 Å². The highest BCUT2D eigenvalue weighted by atomic mass is 32.2. The van der Waals surface area contributed by atoms with E-state index in [1.54, 1.807) is 37.3 Å². The molecule has 0 fully saturated rings. The summed E-state index contributed by atoms with van der Waals surface area (Å²) in [5.41, 5.74) is 6.09. The molecule has 1 aromatic heterocycles. The molecule has 0 bridgehead atoms. The van der Waals surface area contributed by atoms with Crippen molar-refractivity contribution in [2.45, 2.75) is 18.0 Å². The number of H-pyrrole nitrogens is 1. The number of rotatable bonds is 5. The van der Waals surface area contributed by atoms with E-state index < -0.39 is 16.1 Å². The van der Waals surface area contributed by atoms with Crippen molar-refractivity contribution in [3.63, 3.8) is 0 Å². The van der Waals surface area contributed by atoms with Crippen molar-refractivity contribution < 1.29 is 8.42 Å². The Morgan fingerprint density at radius 1 is 1.40 bits per heavy atom. The lowest BCUT2D eigenvalue weighted by Gasteiger charge is -2.17. The van der Waals surface area contributed by atoms with Crippen LogP contribution in [-0.4, -0.2) is 24.2 Å². The minimum atomic E-state index is -3.82. The maximum absolute atomic E-state index is 12.2. The van der Waals surface area contributed by atoms with Gasteiger partial charge in [0.2, 0.25) is 0 Å². The van der Waals surface area contributed by atoms with Crippen LogP contribution in [0.1, 0.15) is 17.4 Å². The quantitative estimate of drug-likeness (QED) is 0.477.